The van der Waals surface area contributed by atoms with Crippen molar-refractivity contribution < 1.29 is 4.74 Å². The van der Waals surface area contributed by atoms with E-state index in [1.54, 1.807) is 0 Å². The molecule has 0 spiro atoms. The summed E-state index contributed by atoms with van der Waals surface area (Å²) in [5, 5.41) is 0.671. The average molecular weight is 256 g/mol. The number of halogens is 1. The first-order valence-electron chi connectivity index (χ1n) is 6.04. The van der Waals surface area contributed by atoms with Gasteiger partial charge >= 0.3 is 0 Å². The molecular weight excluding hydrogens is 234 g/mol. The van der Waals surface area contributed by atoms with Crippen LogP contribution in [-0.2, 0) is 6.42 Å². The minimum Gasteiger partial charge on any atom is -0.492 e. The number of nitrogens with two attached hydrogens (primary N) is 1. The van der Waals surface area contributed by atoms with Crippen LogP contribution in [0.2, 0.25) is 5.02 Å². The minimum absolute atomic E-state index is 0.273. The Morgan fingerprint density at radius 1 is 1.29 bits per heavy atom. The standard InChI is InChI=1S/C14H22ClNO/c1-14(2,3)8-10-17-13-11(7-9-16)5-4-6-12(13)15/h4-6H,7-10,16H2,1-3H3. The van der Waals surface area contributed by atoms with Crippen LogP contribution in [0.15, 0.2) is 18.2 Å². The van der Waals surface area contributed by atoms with Crippen LogP contribution in [0.1, 0.15) is 32.8 Å². The summed E-state index contributed by atoms with van der Waals surface area (Å²) in [6.07, 6.45) is 1.80. The second-order valence-electron chi connectivity index (χ2n) is 5.43. The zero-order chi connectivity index (χ0) is 12.9. The van der Waals surface area contributed by atoms with Crippen molar-refractivity contribution in [3.8, 4) is 5.75 Å². The molecule has 0 unspecified atom stereocenters. The number of hydrogen-bond donors (Lipinski definition) is 1. The van der Waals surface area contributed by atoms with Gasteiger partial charge in [-0.25, -0.2) is 0 Å². The fourth-order valence-electron chi connectivity index (χ4n) is 1.53. The highest BCUT2D eigenvalue weighted by Gasteiger charge is 2.12. The molecule has 2 nitrogen and oxygen atoms in total. The molecule has 1 rings (SSSR count). The van der Waals surface area contributed by atoms with Crippen LogP contribution in [0, 0.1) is 5.41 Å². The summed E-state index contributed by atoms with van der Waals surface area (Å²) in [6, 6.07) is 5.81. The lowest BCUT2D eigenvalue weighted by molar-refractivity contribution is 0.241. The number of ether oxygens (including phenoxy) is 1. The van der Waals surface area contributed by atoms with E-state index in [0.717, 1.165) is 24.2 Å². The molecule has 0 fully saturated rings. The maximum absolute atomic E-state index is 6.15. The molecule has 0 aliphatic heterocycles. The third-order valence-electron chi connectivity index (χ3n) is 2.56. The van der Waals surface area contributed by atoms with Gasteiger partial charge in [0.15, 0.2) is 0 Å². The number of para-hydroxylation sites is 1. The van der Waals surface area contributed by atoms with Gasteiger partial charge in [0.05, 0.1) is 11.6 Å². The predicted molar refractivity (Wildman–Crippen MR) is 73.8 cm³/mol. The highest BCUT2D eigenvalue weighted by molar-refractivity contribution is 6.32. The molecule has 0 heterocycles. The van der Waals surface area contributed by atoms with E-state index in [9.17, 15) is 0 Å². The molecule has 0 bridgehead atoms. The molecule has 1 aromatic rings. The van der Waals surface area contributed by atoms with Gasteiger partial charge in [0.25, 0.3) is 0 Å². The number of hydrogen-bond acceptors (Lipinski definition) is 2. The molecule has 0 amide bonds. The van der Waals surface area contributed by atoms with Crippen LogP contribution in [-0.4, -0.2) is 13.2 Å². The maximum Gasteiger partial charge on any atom is 0.141 e. The molecule has 0 radical (unpaired) electrons. The lowest BCUT2D eigenvalue weighted by Crippen LogP contribution is -2.12. The van der Waals surface area contributed by atoms with Crippen molar-refractivity contribution >= 4 is 11.6 Å². The molecule has 0 atom stereocenters. The van der Waals surface area contributed by atoms with Gasteiger partial charge in [-0.15, -0.1) is 0 Å². The van der Waals surface area contributed by atoms with Crippen molar-refractivity contribution in [3.63, 3.8) is 0 Å². The first-order valence-corrected chi connectivity index (χ1v) is 6.42. The van der Waals surface area contributed by atoms with Crippen molar-refractivity contribution in [2.45, 2.75) is 33.6 Å². The summed E-state index contributed by atoms with van der Waals surface area (Å²) in [5.41, 5.74) is 6.94. The van der Waals surface area contributed by atoms with E-state index in [-0.39, 0.29) is 5.41 Å². The van der Waals surface area contributed by atoms with Crippen molar-refractivity contribution in [3.05, 3.63) is 28.8 Å². The topological polar surface area (TPSA) is 35.2 Å². The molecule has 96 valence electrons. The molecule has 3 heteroatoms. The average Bonchev–Trinajstić information content (AvgIpc) is 2.21. The van der Waals surface area contributed by atoms with Crippen LogP contribution in [0.4, 0.5) is 0 Å². The Bertz CT molecular complexity index is 358. The van der Waals surface area contributed by atoms with E-state index in [1.807, 2.05) is 18.2 Å². The molecule has 2 N–H and O–H groups in total. The fourth-order valence-corrected chi connectivity index (χ4v) is 1.78. The quantitative estimate of drug-likeness (QED) is 0.872. The number of benzene rings is 1. The van der Waals surface area contributed by atoms with Gasteiger partial charge in [-0.05, 0) is 36.4 Å². The van der Waals surface area contributed by atoms with E-state index in [2.05, 4.69) is 20.8 Å². The van der Waals surface area contributed by atoms with Gasteiger partial charge in [0.2, 0.25) is 0 Å². The Morgan fingerprint density at radius 3 is 2.59 bits per heavy atom. The lowest BCUT2D eigenvalue weighted by Gasteiger charge is -2.19. The van der Waals surface area contributed by atoms with Gasteiger partial charge in [-0.3, -0.25) is 0 Å². The molecule has 0 aromatic heterocycles. The third-order valence-corrected chi connectivity index (χ3v) is 2.86. The molecular formula is C14H22ClNO. The van der Waals surface area contributed by atoms with Gasteiger partial charge in [-0.1, -0.05) is 44.5 Å². The summed E-state index contributed by atoms with van der Waals surface area (Å²) >= 11 is 6.15. The van der Waals surface area contributed by atoms with E-state index in [1.165, 1.54) is 0 Å². The van der Waals surface area contributed by atoms with Crippen molar-refractivity contribution in [2.24, 2.45) is 11.1 Å². The largest absolute Gasteiger partial charge is 0.492 e. The molecule has 0 aliphatic rings. The molecule has 1 aromatic carbocycles. The minimum atomic E-state index is 0.273. The van der Waals surface area contributed by atoms with Gasteiger partial charge in [-0.2, -0.15) is 0 Å². The summed E-state index contributed by atoms with van der Waals surface area (Å²) in [6.45, 7) is 7.89. The van der Waals surface area contributed by atoms with Crippen LogP contribution in [0.3, 0.4) is 0 Å². The summed E-state index contributed by atoms with van der Waals surface area (Å²) in [7, 11) is 0. The Hall–Kier alpha value is -0.730. The normalized spacial score (nSPS) is 11.6. The SMILES string of the molecule is CC(C)(C)CCOc1c(Cl)cccc1CCN. The smallest absolute Gasteiger partial charge is 0.141 e. The third kappa shape index (κ3) is 4.97. The first kappa shape index (κ1) is 14.3. The van der Waals surface area contributed by atoms with Gasteiger partial charge in [0.1, 0.15) is 5.75 Å². The molecule has 17 heavy (non-hydrogen) atoms. The van der Waals surface area contributed by atoms with Crippen molar-refractivity contribution in [1.29, 1.82) is 0 Å². The Morgan fingerprint density at radius 2 is 2.00 bits per heavy atom. The monoisotopic (exact) mass is 255 g/mol. The fraction of sp³-hybridized carbons (Fsp3) is 0.571. The van der Waals surface area contributed by atoms with Crippen molar-refractivity contribution in [1.82, 2.24) is 0 Å². The summed E-state index contributed by atoms with van der Waals surface area (Å²) in [4.78, 5) is 0. The second-order valence-corrected chi connectivity index (χ2v) is 5.83. The van der Waals surface area contributed by atoms with Crippen molar-refractivity contribution in [2.75, 3.05) is 13.2 Å². The van der Waals surface area contributed by atoms with E-state index in [0.29, 0.717) is 18.2 Å². The summed E-state index contributed by atoms with van der Waals surface area (Å²) in [5.74, 6) is 0.795. The Balaban J connectivity index is 2.68. The summed E-state index contributed by atoms with van der Waals surface area (Å²) < 4.78 is 5.81. The van der Waals surface area contributed by atoms with Gasteiger partial charge < -0.3 is 10.5 Å². The molecule has 0 saturated heterocycles. The maximum atomic E-state index is 6.15. The number of rotatable bonds is 5. The molecule has 0 saturated carbocycles. The van der Waals surface area contributed by atoms with E-state index < -0.39 is 0 Å². The molecule has 0 aliphatic carbocycles. The van der Waals surface area contributed by atoms with E-state index in [4.69, 9.17) is 22.1 Å². The van der Waals surface area contributed by atoms with Crippen LogP contribution >= 0.6 is 11.6 Å². The zero-order valence-corrected chi connectivity index (χ0v) is 11.7. The van der Waals surface area contributed by atoms with E-state index >= 15 is 0 Å². The Kier molecular flexibility index (Phi) is 5.29. The zero-order valence-electron chi connectivity index (χ0n) is 10.9. The lowest BCUT2D eigenvalue weighted by atomic mass is 9.93. The second kappa shape index (κ2) is 6.27. The highest BCUT2D eigenvalue weighted by Crippen LogP contribution is 2.30. The first-order chi connectivity index (χ1) is 7.94. The van der Waals surface area contributed by atoms with Crippen LogP contribution < -0.4 is 10.5 Å². The predicted octanol–water partition coefficient (Wildman–Crippen LogP) is 3.66. The highest BCUT2D eigenvalue weighted by atomic mass is 35.5. The Labute approximate surface area is 109 Å². The van der Waals surface area contributed by atoms with Crippen LogP contribution in [0.5, 0.6) is 5.75 Å². The van der Waals surface area contributed by atoms with Crippen LogP contribution in [0.25, 0.3) is 0 Å². The van der Waals surface area contributed by atoms with Gasteiger partial charge in [0, 0.05) is 0 Å².